The Morgan fingerprint density at radius 2 is 1.79 bits per heavy atom. The van der Waals surface area contributed by atoms with Crippen LogP contribution < -0.4 is 22.3 Å². The van der Waals surface area contributed by atoms with Gasteiger partial charge < -0.3 is 15.6 Å². The highest BCUT2D eigenvalue weighted by molar-refractivity contribution is 5.70. The van der Waals surface area contributed by atoms with Gasteiger partial charge in [0.05, 0.1) is 12.9 Å². The van der Waals surface area contributed by atoms with Crippen LogP contribution in [0, 0.1) is 5.82 Å². The van der Waals surface area contributed by atoms with Gasteiger partial charge in [0.15, 0.2) is 17.0 Å². The van der Waals surface area contributed by atoms with Gasteiger partial charge in [-0.2, -0.15) is 15.0 Å². The Kier molecular flexibility index (Phi) is 4.30. The summed E-state index contributed by atoms with van der Waals surface area (Å²) < 4.78 is 16.9. The fourth-order valence-corrected chi connectivity index (χ4v) is 2.90. The first-order chi connectivity index (χ1) is 13.8. The van der Waals surface area contributed by atoms with E-state index < -0.39 is 11.2 Å². The quantitative estimate of drug-likeness (QED) is 0.496. The highest BCUT2D eigenvalue weighted by atomic mass is 19.1. The number of aromatic nitrogens is 7. The third kappa shape index (κ3) is 3.31. The molecular formula is C17H16FN9O2. The molecule has 4 aromatic rings. The molecule has 1 aromatic carbocycles. The molecule has 0 bridgehead atoms. The zero-order valence-electron chi connectivity index (χ0n) is 15.5. The Morgan fingerprint density at radius 1 is 1.07 bits per heavy atom. The van der Waals surface area contributed by atoms with E-state index in [1.807, 2.05) is 0 Å². The van der Waals surface area contributed by atoms with E-state index in [4.69, 9.17) is 5.73 Å². The molecule has 4 rings (SSSR count). The zero-order valence-corrected chi connectivity index (χ0v) is 15.5. The molecule has 0 unspecified atom stereocenters. The number of hydrogen-bond donors (Lipinski definition) is 2. The number of nitrogens with two attached hydrogens (primary N) is 1. The van der Waals surface area contributed by atoms with Gasteiger partial charge in [-0.05, 0) is 24.3 Å². The van der Waals surface area contributed by atoms with Gasteiger partial charge >= 0.3 is 5.69 Å². The van der Waals surface area contributed by atoms with E-state index in [9.17, 15) is 14.0 Å². The van der Waals surface area contributed by atoms with Gasteiger partial charge in [-0.1, -0.05) is 0 Å². The van der Waals surface area contributed by atoms with Crippen LogP contribution in [0.25, 0.3) is 11.2 Å². The monoisotopic (exact) mass is 397 g/mol. The van der Waals surface area contributed by atoms with E-state index in [0.717, 1.165) is 4.57 Å². The summed E-state index contributed by atoms with van der Waals surface area (Å²) in [7, 11) is 2.93. The Balaban J connectivity index is 1.72. The molecule has 0 saturated heterocycles. The second-order valence-electron chi connectivity index (χ2n) is 6.32. The Bertz CT molecular complexity index is 1340. The van der Waals surface area contributed by atoms with Gasteiger partial charge in [-0.25, -0.2) is 14.2 Å². The molecule has 3 heterocycles. The molecule has 148 valence electrons. The van der Waals surface area contributed by atoms with E-state index in [1.165, 1.54) is 53.8 Å². The molecule has 0 atom stereocenters. The van der Waals surface area contributed by atoms with Crippen molar-refractivity contribution in [3.8, 4) is 0 Å². The fourth-order valence-electron chi connectivity index (χ4n) is 2.90. The van der Waals surface area contributed by atoms with Crippen molar-refractivity contribution in [2.45, 2.75) is 6.54 Å². The molecular weight excluding hydrogens is 381 g/mol. The van der Waals surface area contributed by atoms with Crippen LogP contribution >= 0.6 is 0 Å². The standard InChI is InChI=1S/C17H16FN9O2/c1-25-13-12(14(28)26(2)17(25)29)27(8-20-13)7-11-22-15(19)24-16(23-11)21-10-5-3-9(18)4-6-10/h3-6,8H,7H2,1-2H3,(H3,19,21,22,23,24). The molecule has 0 aliphatic rings. The van der Waals surface area contributed by atoms with Gasteiger partial charge in [-0.3, -0.25) is 13.9 Å². The van der Waals surface area contributed by atoms with Crippen LogP contribution in [0.15, 0.2) is 40.2 Å². The third-order valence-corrected chi connectivity index (χ3v) is 4.33. The molecule has 0 amide bonds. The number of anilines is 3. The zero-order chi connectivity index (χ0) is 20.7. The Morgan fingerprint density at radius 3 is 2.52 bits per heavy atom. The normalized spacial score (nSPS) is 11.1. The summed E-state index contributed by atoms with van der Waals surface area (Å²) in [6, 6.07) is 5.65. The van der Waals surface area contributed by atoms with Crippen LogP contribution in [0.1, 0.15) is 5.82 Å². The number of rotatable bonds is 4. The van der Waals surface area contributed by atoms with Crippen LogP contribution in [-0.4, -0.2) is 33.6 Å². The summed E-state index contributed by atoms with van der Waals surface area (Å²) in [6.07, 6.45) is 1.43. The summed E-state index contributed by atoms with van der Waals surface area (Å²) in [5, 5.41) is 2.92. The highest BCUT2D eigenvalue weighted by Gasteiger charge is 2.15. The smallest absolute Gasteiger partial charge is 0.332 e. The van der Waals surface area contributed by atoms with E-state index in [2.05, 4.69) is 25.3 Å². The SMILES string of the molecule is Cn1c(=O)c2c(ncn2Cc2nc(N)nc(Nc3ccc(F)cc3)n2)n(C)c1=O. The number of halogens is 1. The predicted octanol–water partition coefficient (Wildman–Crippen LogP) is 0.132. The van der Waals surface area contributed by atoms with Crippen LogP contribution in [0.5, 0.6) is 0 Å². The molecule has 29 heavy (non-hydrogen) atoms. The lowest BCUT2D eigenvalue weighted by molar-refractivity contribution is 0.628. The number of hydrogen-bond acceptors (Lipinski definition) is 8. The first-order valence-electron chi connectivity index (χ1n) is 8.47. The number of nitrogens with one attached hydrogen (secondary N) is 1. The fraction of sp³-hybridized carbons (Fsp3) is 0.176. The van der Waals surface area contributed by atoms with Crippen molar-refractivity contribution >= 4 is 28.7 Å². The predicted molar refractivity (Wildman–Crippen MR) is 103 cm³/mol. The van der Waals surface area contributed by atoms with Crippen molar-refractivity contribution in [3.05, 3.63) is 63.1 Å². The number of nitrogen functional groups attached to an aromatic ring is 1. The van der Waals surface area contributed by atoms with Crippen molar-refractivity contribution in [2.24, 2.45) is 14.1 Å². The van der Waals surface area contributed by atoms with E-state index >= 15 is 0 Å². The summed E-state index contributed by atoms with van der Waals surface area (Å²) >= 11 is 0. The number of imidazole rings is 1. The minimum absolute atomic E-state index is 0.0238. The second-order valence-corrected chi connectivity index (χ2v) is 6.32. The molecule has 3 aromatic heterocycles. The van der Waals surface area contributed by atoms with Crippen molar-refractivity contribution < 1.29 is 4.39 Å². The van der Waals surface area contributed by atoms with E-state index in [1.54, 1.807) is 0 Å². The van der Waals surface area contributed by atoms with Gasteiger partial charge in [0.2, 0.25) is 11.9 Å². The maximum absolute atomic E-state index is 13.1. The minimum atomic E-state index is -0.479. The topological polar surface area (TPSA) is 139 Å². The van der Waals surface area contributed by atoms with E-state index in [-0.39, 0.29) is 41.2 Å². The van der Waals surface area contributed by atoms with Gasteiger partial charge in [0.25, 0.3) is 5.56 Å². The van der Waals surface area contributed by atoms with Crippen molar-refractivity contribution in [1.29, 1.82) is 0 Å². The Hall–Kier alpha value is -4.09. The maximum Gasteiger partial charge on any atom is 0.332 e. The average molecular weight is 397 g/mol. The lowest BCUT2D eigenvalue weighted by Gasteiger charge is -2.09. The van der Waals surface area contributed by atoms with Gasteiger partial charge in [0, 0.05) is 19.8 Å². The highest BCUT2D eigenvalue weighted by Crippen LogP contribution is 2.15. The van der Waals surface area contributed by atoms with Crippen molar-refractivity contribution in [1.82, 2.24) is 33.6 Å². The van der Waals surface area contributed by atoms with Crippen LogP contribution in [0.2, 0.25) is 0 Å². The third-order valence-electron chi connectivity index (χ3n) is 4.33. The minimum Gasteiger partial charge on any atom is -0.368 e. The van der Waals surface area contributed by atoms with Gasteiger partial charge in [-0.15, -0.1) is 0 Å². The lowest BCUT2D eigenvalue weighted by atomic mass is 10.3. The number of aryl methyl sites for hydroxylation is 1. The van der Waals surface area contributed by atoms with Crippen LogP contribution in [0.4, 0.5) is 22.0 Å². The number of fused-ring (bicyclic) bond motifs is 1. The van der Waals surface area contributed by atoms with Crippen LogP contribution in [-0.2, 0) is 20.6 Å². The maximum atomic E-state index is 13.1. The second kappa shape index (κ2) is 6.82. The summed E-state index contributed by atoms with van der Waals surface area (Å²) in [6.45, 7) is 0.0781. The molecule has 0 radical (unpaired) electrons. The Labute approximate surface area is 162 Å². The first kappa shape index (κ1) is 18.3. The summed E-state index contributed by atoms with van der Waals surface area (Å²) in [4.78, 5) is 41.2. The average Bonchev–Trinajstić information content (AvgIpc) is 3.10. The summed E-state index contributed by atoms with van der Waals surface area (Å²) in [5.74, 6) is 0.0554. The first-order valence-corrected chi connectivity index (χ1v) is 8.47. The molecule has 11 nitrogen and oxygen atoms in total. The number of nitrogens with zero attached hydrogens (tertiary/aromatic N) is 7. The van der Waals surface area contributed by atoms with Crippen molar-refractivity contribution in [2.75, 3.05) is 11.1 Å². The number of benzene rings is 1. The molecule has 0 aliphatic heterocycles. The van der Waals surface area contributed by atoms with Crippen LogP contribution in [0.3, 0.4) is 0 Å². The molecule has 0 spiro atoms. The molecule has 0 aliphatic carbocycles. The van der Waals surface area contributed by atoms with Gasteiger partial charge in [0.1, 0.15) is 5.82 Å². The summed E-state index contributed by atoms with van der Waals surface area (Å²) in [5.41, 5.74) is 5.89. The van der Waals surface area contributed by atoms with Crippen molar-refractivity contribution in [3.63, 3.8) is 0 Å². The van der Waals surface area contributed by atoms with E-state index in [0.29, 0.717) is 5.69 Å². The largest absolute Gasteiger partial charge is 0.368 e. The molecule has 0 fully saturated rings. The molecule has 3 N–H and O–H groups in total. The lowest BCUT2D eigenvalue weighted by Crippen LogP contribution is -2.37. The molecule has 0 saturated carbocycles. The molecule has 12 heteroatoms.